The fourth-order valence-corrected chi connectivity index (χ4v) is 2.93. The highest BCUT2D eigenvalue weighted by Crippen LogP contribution is 2.32. The van der Waals surface area contributed by atoms with Crippen LogP contribution in [0.15, 0.2) is 21.5 Å². The van der Waals surface area contributed by atoms with Gasteiger partial charge < -0.3 is 20.3 Å². The van der Waals surface area contributed by atoms with Gasteiger partial charge in [-0.3, -0.25) is 0 Å². The van der Waals surface area contributed by atoms with Crippen LogP contribution in [-0.2, 0) is 14.8 Å². The molecular formula is C11H17BrN2O5S. The van der Waals surface area contributed by atoms with Gasteiger partial charge in [0.25, 0.3) is 0 Å². The SMILES string of the molecule is COc1cc(Br)c(N)cc1S(=O)(=O)NCCOCCO. The molecule has 0 saturated carbocycles. The first-order valence-electron chi connectivity index (χ1n) is 5.73. The number of rotatable bonds is 8. The summed E-state index contributed by atoms with van der Waals surface area (Å²) in [5.74, 6) is 0.190. The molecule has 7 nitrogen and oxygen atoms in total. The van der Waals surface area contributed by atoms with Crippen LogP contribution < -0.4 is 15.2 Å². The lowest BCUT2D eigenvalue weighted by molar-refractivity contribution is 0.0961. The number of nitrogens with one attached hydrogen (secondary N) is 1. The van der Waals surface area contributed by atoms with Crippen molar-refractivity contribution in [2.24, 2.45) is 0 Å². The van der Waals surface area contributed by atoms with E-state index in [1.54, 1.807) is 0 Å². The number of nitrogens with two attached hydrogens (primary N) is 1. The van der Waals surface area contributed by atoms with E-state index < -0.39 is 10.0 Å². The number of benzene rings is 1. The van der Waals surface area contributed by atoms with Crippen molar-refractivity contribution >= 4 is 31.6 Å². The van der Waals surface area contributed by atoms with Crippen LogP contribution in [0.1, 0.15) is 0 Å². The van der Waals surface area contributed by atoms with E-state index in [2.05, 4.69) is 20.7 Å². The van der Waals surface area contributed by atoms with Gasteiger partial charge in [-0.25, -0.2) is 13.1 Å². The molecule has 0 saturated heterocycles. The predicted molar refractivity (Wildman–Crippen MR) is 78.2 cm³/mol. The van der Waals surface area contributed by atoms with Crippen LogP contribution in [0.4, 0.5) is 5.69 Å². The van der Waals surface area contributed by atoms with Crippen molar-refractivity contribution in [1.82, 2.24) is 4.72 Å². The molecule has 9 heteroatoms. The number of aliphatic hydroxyl groups excluding tert-OH is 1. The highest BCUT2D eigenvalue weighted by atomic mass is 79.9. The fourth-order valence-electron chi connectivity index (χ4n) is 1.41. The van der Waals surface area contributed by atoms with Crippen LogP contribution >= 0.6 is 15.9 Å². The maximum Gasteiger partial charge on any atom is 0.244 e. The summed E-state index contributed by atoms with van der Waals surface area (Å²) in [6.07, 6.45) is 0. The Bertz CT molecular complexity index is 550. The second-order valence-corrected chi connectivity index (χ2v) is 6.35. The largest absolute Gasteiger partial charge is 0.495 e. The fraction of sp³-hybridized carbons (Fsp3) is 0.455. The number of aliphatic hydroxyl groups is 1. The Hall–Kier alpha value is -0.870. The van der Waals surface area contributed by atoms with Crippen LogP contribution in [0.3, 0.4) is 0 Å². The van der Waals surface area contributed by atoms with Crippen LogP contribution in [0, 0.1) is 0 Å². The number of sulfonamides is 1. The van der Waals surface area contributed by atoms with Gasteiger partial charge in [-0.1, -0.05) is 0 Å². The van der Waals surface area contributed by atoms with Gasteiger partial charge in [-0.05, 0) is 28.1 Å². The van der Waals surface area contributed by atoms with Crippen LogP contribution in [-0.4, -0.2) is 47.0 Å². The lowest BCUT2D eigenvalue weighted by Gasteiger charge is -2.12. The highest BCUT2D eigenvalue weighted by Gasteiger charge is 2.20. The summed E-state index contributed by atoms with van der Waals surface area (Å²) >= 11 is 3.20. The number of ether oxygens (including phenoxy) is 2. The van der Waals surface area contributed by atoms with Gasteiger partial charge in [0, 0.05) is 16.7 Å². The molecule has 0 unspecified atom stereocenters. The van der Waals surface area contributed by atoms with E-state index in [1.807, 2.05) is 0 Å². The molecule has 1 aromatic rings. The molecule has 114 valence electrons. The van der Waals surface area contributed by atoms with Crippen molar-refractivity contribution in [3.63, 3.8) is 0 Å². The molecule has 0 atom stereocenters. The summed E-state index contributed by atoms with van der Waals surface area (Å²) in [5.41, 5.74) is 5.98. The molecular weight excluding hydrogens is 352 g/mol. The van der Waals surface area contributed by atoms with Gasteiger partial charge in [-0.2, -0.15) is 0 Å². The molecule has 0 aliphatic carbocycles. The van der Waals surface area contributed by atoms with Crippen molar-refractivity contribution in [1.29, 1.82) is 0 Å². The van der Waals surface area contributed by atoms with E-state index in [-0.39, 0.29) is 37.0 Å². The van der Waals surface area contributed by atoms with Gasteiger partial charge in [0.05, 0.1) is 26.9 Å². The first kappa shape index (κ1) is 17.2. The molecule has 0 heterocycles. The molecule has 0 radical (unpaired) electrons. The summed E-state index contributed by atoms with van der Waals surface area (Å²) in [4.78, 5) is -0.0390. The smallest absolute Gasteiger partial charge is 0.244 e. The first-order valence-corrected chi connectivity index (χ1v) is 8.01. The normalized spacial score (nSPS) is 11.6. The van der Waals surface area contributed by atoms with Gasteiger partial charge in [0.2, 0.25) is 10.0 Å². The lowest BCUT2D eigenvalue weighted by atomic mass is 10.3. The third-order valence-electron chi connectivity index (χ3n) is 2.35. The van der Waals surface area contributed by atoms with Crippen LogP contribution in [0.5, 0.6) is 5.75 Å². The minimum Gasteiger partial charge on any atom is -0.495 e. The zero-order valence-corrected chi connectivity index (χ0v) is 13.3. The quantitative estimate of drug-likeness (QED) is 0.450. The van der Waals surface area contributed by atoms with Crippen LogP contribution in [0.2, 0.25) is 0 Å². The Balaban J connectivity index is 2.84. The van der Waals surface area contributed by atoms with Crippen molar-refractivity contribution in [3.05, 3.63) is 16.6 Å². The Morgan fingerprint density at radius 1 is 1.40 bits per heavy atom. The molecule has 4 N–H and O–H groups in total. The van der Waals surface area contributed by atoms with E-state index in [0.717, 1.165) is 0 Å². The molecule has 0 aliphatic heterocycles. The maximum absolute atomic E-state index is 12.1. The predicted octanol–water partition coefficient (Wildman–Crippen LogP) is 0.327. The standard InChI is InChI=1S/C11H17BrN2O5S/c1-18-10-6-8(12)9(13)7-11(10)20(16,17)14-2-4-19-5-3-15/h6-7,14-15H,2-5,13H2,1H3. The van der Waals surface area contributed by atoms with Crippen LogP contribution in [0.25, 0.3) is 0 Å². The average Bonchev–Trinajstić information content (AvgIpc) is 2.41. The Kier molecular flexibility index (Phi) is 6.69. The summed E-state index contributed by atoms with van der Waals surface area (Å²) < 4.78 is 37.2. The van der Waals surface area contributed by atoms with E-state index in [0.29, 0.717) is 10.2 Å². The summed E-state index contributed by atoms with van der Waals surface area (Å²) in [5, 5.41) is 8.53. The van der Waals surface area contributed by atoms with Crippen molar-refractivity contribution < 1.29 is 23.0 Å². The number of halogens is 1. The van der Waals surface area contributed by atoms with Crippen molar-refractivity contribution in [2.75, 3.05) is 39.2 Å². The monoisotopic (exact) mass is 368 g/mol. The topological polar surface area (TPSA) is 111 Å². The zero-order chi connectivity index (χ0) is 15.2. The van der Waals surface area contributed by atoms with E-state index in [1.165, 1.54) is 19.2 Å². The number of nitrogen functional groups attached to an aromatic ring is 1. The van der Waals surface area contributed by atoms with Crippen molar-refractivity contribution in [2.45, 2.75) is 4.90 Å². The average molecular weight is 369 g/mol. The first-order chi connectivity index (χ1) is 9.42. The molecule has 20 heavy (non-hydrogen) atoms. The number of anilines is 1. The maximum atomic E-state index is 12.1. The molecule has 0 aliphatic rings. The molecule has 0 amide bonds. The lowest BCUT2D eigenvalue weighted by Crippen LogP contribution is -2.28. The summed E-state index contributed by atoms with van der Waals surface area (Å²) in [6, 6.07) is 2.81. The molecule has 0 fully saturated rings. The second-order valence-electron chi connectivity index (χ2n) is 3.76. The van der Waals surface area contributed by atoms with E-state index in [4.69, 9.17) is 20.3 Å². The second kappa shape index (κ2) is 7.79. The molecule has 0 aromatic heterocycles. The van der Waals surface area contributed by atoms with Gasteiger partial charge in [-0.15, -0.1) is 0 Å². The van der Waals surface area contributed by atoms with Gasteiger partial charge in [0.15, 0.2) is 0 Å². The third kappa shape index (κ3) is 4.60. The zero-order valence-electron chi connectivity index (χ0n) is 10.9. The Morgan fingerprint density at radius 3 is 2.70 bits per heavy atom. The van der Waals surface area contributed by atoms with Gasteiger partial charge >= 0.3 is 0 Å². The van der Waals surface area contributed by atoms with Crippen molar-refractivity contribution in [3.8, 4) is 5.75 Å². The summed E-state index contributed by atoms with van der Waals surface area (Å²) in [7, 11) is -2.37. The minimum absolute atomic E-state index is 0.0390. The van der Waals surface area contributed by atoms with E-state index >= 15 is 0 Å². The minimum atomic E-state index is -3.75. The molecule has 0 spiro atoms. The molecule has 1 aromatic carbocycles. The third-order valence-corrected chi connectivity index (χ3v) is 4.52. The number of hydrogen-bond acceptors (Lipinski definition) is 6. The molecule has 0 bridgehead atoms. The van der Waals surface area contributed by atoms with Gasteiger partial charge in [0.1, 0.15) is 10.6 Å². The van der Waals surface area contributed by atoms with E-state index in [9.17, 15) is 8.42 Å². The Morgan fingerprint density at radius 2 is 2.10 bits per heavy atom. The summed E-state index contributed by atoms with van der Waals surface area (Å²) in [6.45, 7) is 0.301. The molecule has 1 rings (SSSR count). The number of methoxy groups -OCH3 is 1. The number of hydrogen-bond donors (Lipinski definition) is 3. The Labute approximate surface area is 126 Å². The highest BCUT2D eigenvalue weighted by molar-refractivity contribution is 9.10.